The maximum absolute atomic E-state index is 12.9. The number of allylic oxidation sites excluding steroid dienone is 1. The van der Waals surface area contributed by atoms with E-state index in [4.69, 9.17) is 36.3 Å². The standard InChI is InChI=1S/C18H8Cl2N2O2S/c1-21-18(22-2)16-11-5-3-4-6-14(11)25(24)15(16)9-10-7-12(19)17(23)13(20)8-10/h3-9,23H/b15-9-. The lowest BCUT2D eigenvalue weighted by Crippen LogP contribution is -1.89. The molecule has 4 nitrogen and oxygen atoms in total. The molecule has 1 atom stereocenters. The monoisotopic (exact) mass is 386 g/mol. The lowest BCUT2D eigenvalue weighted by Gasteiger charge is -2.03. The summed E-state index contributed by atoms with van der Waals surface area (Å²) in [5, 5.41) is 9.78. The van der Waals surface area contributed by atoms with E-state index in [-0.39, 0.29) is 21.6 Å². The molecule has 1 N–H and O–H groups in total. The van der Waals surface area contributed by atoms with E-state index in [1.807, 2.05) is 0 Å². The van der Waals surface area contributed by atoms with E-state index < -0.39 is 10.8 Å². The third-order valence-corrected chi connectivity index (χ3v) is 5.63. The van der Waals surface area contributed by atoms with Crippen molar-refractivity contribution in [3.8, 4) is 5.75 Å². The van der Waals surface area contributed by atoms with Crippen molar-refractivity contribution >= 4 is 45.7 Å². The molecule has 0 amide bonds. The lowest BCUT2D eigenvalue weighted by molar-refractivity contribution is 0.476. The second-order valence-corrected chi connectivity index (χ2v) is 7.26. The van der Waals surface area contributed by atoms with Crippen molar-refractivity contribution in [3.63, 3.8) is 0 Å². The molecule has 1 aliphatic heterocycles. The second-order valence-electron chi connectivity index (χ2n) is 5.03. The molecule has 1 heterocycles. The Morgan fingerprint density at radius 1 is 1.12 bits per heavy atom. The molecule has 1 unspecified atom stereocenters. The van der Waals surface area contributed by atoms with Crippen LogP contribution in [0.15, 0.2) is 52.0 Å². The van der Waals surface area contributed by atoms with Crippen LogP contribution in [0.2, 0.25) is 10.0 Å². The summed E-state index contributed by atoms with van der Waals surface area (Å²) in [6.45, 7) is 14.5. The Morgan fingerprint density at radius 3 is 2.32 bits per heavy atom. The summed E-state index contributed by atoms with van der Waals surface area (Å²) in [6, 6.07) is 9.90. The van der Waals surface area contributed by atoms with Gasteiger partial charge in [-0.05, 0) is 35.4 Å². The average Bonchev–Trinajstić information content (AvgIpc) is 2.87. The molecular formula is C18H8Cl2N2O2S. The summed E-state index contributed by atoms with van der Waals surface area (Å²) in [6.07, 6.45) is 1.57. The van der Waals surface area contributed by atoms with Gasteiger partial charge < -0.3 is 5.11 Å². The molecule has 0 spiro atoms. The molecule has 0 radical (unpaired) electrons. The normalized spacial score (nSPS) is 17.0. The SMILES string of the molecule is [C-]#[N+]C([N+]#[C-])=C1/C(=C/c2cc(Cl)c(O)c(Cl)c2)S(=O)c2ccccc21. The summed E-state index contributed by atoms with van der Waals surface area (Å²) < 4.78 is 12.9. The number of aromatic hydroxyl groups is 1. The van der Waals surface area contributed by atoms with Crippen LogP contribution >= 0.6 is 23.2 Å². The van der Waals surface area contributed by atoms with Gasteiger partial charge in [0.05, 0.1) is 31.3 Å². The van der Waals surface area contributed by atoms with E-state index in [1.165, 1.54) is 12.1 Å². The first-order valence-corrected chi connectivity index (χ1v) is 8.79. The van der Waals surface area contributed by atoms with E-state index >= 15 is 0 Å². The van der Waals surface area contributed by atoms with Crippen LogP contribution in [0.4, 0.5) is 0 Å². The van der Waals surface area contributed by atoms with Crippen molar-refractivity contribution < 1.29 is 9.32 Å². The lowest BCUT2D eigenvalue weighted by atomic mass is 10.0. The highest BCUT2D eigenvalue weighted by molar-refractivity contribution is 7.90. The van der Waals surface area contributed by atoms with Crippen molar-refractivity contribution in [1.29, 1.82) is 0 Å². The highest BCUT2D eigenvalue weighted by atomic mass is 35.5. The maximum Gasteiger partial charge on any atom is 0.528 e. The van der Waals surface area contributed by atoms with Crippen LogP contribution < -0.4 is 0 Å². The first-order valence-electron chi connectivity index (χ1n) is 6.88. The number of fused-ring (bicyclic) bond motifs is 1. The highest BCUT2D eigenvalue weighted by Gasteiger charge is 2.34. The fourth-order valence-electron chi connectivity index (χ4n) is 2.49. The molecule has 0 saturated carbocycles. The third-order valence-electron chi connectivity index (χ3n) is 3.57. The second kappa shape index (κ2) is 6.74. The Labute approximate surface area is 156 Å². The number of hydrogen-bond donors (Lipinski definition) is 1. The minimum atomic E-state index is -1.54. The van der Waals surface area contributed by atoms with Crippen molar-refractivity contribution in [3.05, 3.63) is 91.1 Å². The smallest absolute Gasteiger partial charge is 0.505 e. The Hall–Kier alpha value is -2.57. The Morgan fingerprint density at radius 2 is 1.72 bits per heavy atom. The molecule has 2 aromatic rings. The molecule has 0 saturated heterocycles. The topological polar surface area (TPSA) is 46.0 Å². The highest BCUT2D eigenvalue weighted by Crippen LogP contribution is 2.44. The number of hydrogen-bond acceptors (Lipinski definition) is 2. The van der Waals surface area contributed by atoms with E-state index in [0.29, 0.717) is 26.5 Å². The van der Waals surface area contributed by atoms with E-state index in [2.05, 4.69) is 9.69 Å². The van der Waals surface area contributed by atoms with Crippen LogP contribution in [0.5, 0.6) is 5.75 Å². The summed E-state index contributed by atoms with van der Waals surface area (Å²) in [7, 11) is -1.54. The number of nitrogens with zero attached hydrogens (tertiary/aromatic N) is 2. The number of phenolic OH excluding ortho intramolecular Hbond substituents is 1. The van der Waals surface area contributed by atoms with Gasteiger partial charge in [0.1, 0.15) is 13.1 Å². The molecule has 3 rings (SSSR count). The Bertz CT molecular complexity index is 1040. The van der Waals surface area contributed by atoms with Gasteiger partial charge in [-0.3, -0.25) is 0 Å². The van der Waals surface area contributed by atoms with Crippen LogP contribution in [0.25, 0.3) is 21.3 Å². The summed E-state index contributed by atoms with van der Waals surface area (Å²) in [4.78, 5) is 7.42. The Balaban J connectivity index is 2.29. The van der Waals surface area contributed by atoms with E-state index in [0.717, 1.165) is 0 Å². The van der Waals surface area contributed by atoms with Gasteiger partial charge in [-0.2, -0.15) is 9.69 Å². The first kappa shape index (κ1) is 17.3. The largest absolute Gasteiger partial charge is 0.528 e. The van der Waals surface area contributed by atoms with Crippen LogP contribution in [0.3, 0.4) is 0 Å². The summed E-state index contributed by atoms with van der Waals surface area (Å²) in [5.41, 5.74) is 1.46. The molecule has 2 aromatic carbocycles. The van der Waals surface area contributed by atoms with Gasteiger partial charge in [0.15, 0.2) is 5.75 Å². The van der Waals surface area contributed by atoms with Crippen molar-refractivity contribution in [2.75, 3.05) is 0 Å². The molecule has 0 bridgehead atoms. The van der Waals surface area contributed by atoms with Gasteiger partial charge in [0, 0.05) is 4.91 Å². The number of rotatable bonds is 1. The van der Waals surface area contributed by atoms with Gasteiger partial charge in [-0.1, -0.05) is 41.4 Å². The Kier molecular flexibility index (Phi) is 4.65. The molecule has 1 aliphatic rings. The molecule has 0 aliphatic carbocycles. The van der Waals surface area contributed by atoms with Crippen LogP contribution in [0.1, 0.15) is 11.1 Å². The van der Waals surface area contributed by atoms with Gasteiger partial charge in [0.25, 0.3) is 0 Å². The minimum absolute atomic E-state index is 0.0572. The van der Waals surface area contributed by atoms with Crippen molar-refractivity contribution in [1.82, 2.24) is 0 Å². The third kappa shape index (κ3) is 2.94. The fourth-order valence-corrected chi connectivity index (χ4v) is 4.43. The molecular weight excluding hydrogens is 379 g/mol. The maximum atomic E-state index is 12.9. The quantitative estimate of drug-likeness (QED) is 0.669. The summed E-state index contributed by atoms with van der Waals surface area (Å²) in [5.74, 6) is -0.388. The van der Waals surface area contributed by atoms with Gasteiger partial charge in [-0.15, -0.1) is 0 Å². The van der Waals surface area contributed by atoms with Gasteiger partial charge >= 0.3 is 5.82 Å². The fraction of sp³-hybridized carbons (Fsp3) is 0. The van der Waals surface area contributed by atoms with Gasteiger partial charge in [-0.25, -0.2) is 4.21 Å². The zero-order valence-corrected chi connectivity index (χ0v) is 14.8. The predicted molar refractivity (Wildman–Crippen MR) is 99.1 cm³/mol. The van der Waals surface area contributed by atoms with E-state index in [1.54, 1.807) is 30.3 Å². The van der Waals surface area contributed by atoms with Gasteiger partial charge in [0.2, 0.25) is 0 Å². The number of halogens is 2. The summed E-state index contributed by atoms with van der Waals surface area (Å²) >= 11 is 11.9. The zero-order valence-electron chi connectivity index (χ0n) is 12.5. The number of phenols is 1. The first-order chi connectivity index (χ1) is 12.0. The predicted octanol–water partition coefficient (Wildman–Crippen LogP) is 5.37. The van der Waals surface area contributed by atoms with Crippen LogP contribution in [-0.2, 0) is 10.8 Å². The van der Waals surface area contributed by atoms with Crippen LogP contribution in [-0.4, -0.2) is 9.32 Å². The average molecular weight is 387 g/mol. The van der Waals surface area contributed by atoms with Crippen LogP contribution in [0, 0.1) is 13.1 Å². The number of benzene rings is 2. The molecule has 122 valence electrons. The van der Waals surface area contributed by atoms with Crippen molar-refractivity contribution in [2.45, 2.75) is 4.90 Å². The van der Waals surface area contributed by atoms with Crippen molar-refractivity contribution in [2.24, 2.45) is 0 Å². The molecule has 0 aromatic heterocycles. The van der Waals surface area contributed by atoms with E-state index in [9.17, 15) is 9.32 Å². The molecule has 25 heavy (non-hydrogen) atoms. The minimum Gasteiger partial charge on any atom is -0.505 e. The molecule has 0 fully saturated rings. The molecule has 7 heteroatoms. The zero-order chi connectivity index (χ0) is 18.1.